The number of rotatable bonds is 4. The minimum atomic E-state index is -0.364. The van der Waals surface area contributed by atoms with Crippen LogP contribution in [0.3, 0.4) is 0 Å². The lowest BCUT2D eigenvalue weighted by molar-refractivity contribution is 0.621. The van der Waals surface area contributed by atoms with Gasteiger partial charge in [-0.1, -0.05) is 23.7 Å². The molecule has 0 spiro atoms. The van der Waals surface area contributed by atoms with Gasteiger partial charge in [-0.05, 0) is 34.0 Å². The molecule has 0 unspecified atom stereocenters. The lowest BCUT2D eigenvalue weighted by Crippen LogP contribution is -2.12. The highest BCUT2D eigenvalue weighted by Crippen LogP contribution is 2.19. The molecule has 0 amide bonds. The van der Waals surface area contributed by atoms with Crippen molar-refractivity contribution < 1.29 is 4.39 Å². The predicted molar refractivity (Wildman–Crippen MR) is 66.3 cm³/mol. The fraction of sp³-hybridized carbons (Fsp3) is 0.167. The maximum atomic E-state index is 13.1. The Balaban J connectivity index is 1.92. The number of hydrogen-bond donors (Lipinski definition) is 1. The number of benzene rings is 1. The molecular weight excluding hydrogens is 245 g/mol. The summed E-state index contributed by atoms with van der Waals surface area (Å²) in [5.74, 6) is -0.364. The molecule has 0 atom stereocenters. The third-order valence-corrected chi connectivity index (χ3v) is 3.41. The molecule has 1 aromatic carbocycles. The third-order valence-electron chi connectivity index (χ3n) is 2.26. The van der Waals surface area contributed by atoms with Gasteiger partial charge in [0, 0.05) is 13.1 Å². The zero-order chi connectivity index (χ0) is 11.4. The molecule has 0 bridgehead atoms. The average Bonchev–Trinajstić information content (AvgIpc) is 2.77. The monoisotopic (exact) mass is 255 g/mol. The number of thiophene rings is 1. The van der Waals surface area contributed by atoms with Crippen LogP contribution in [0.4, 0.5) is 4.39 Å². The molecular formula is C12H11ClFNS. The largest absolute Gasteiger partial charge is 0.309 e. The summed E-state index contributed by atoms with van der Waals surface area (Å²) in [5, 5.41) is 7.55. The highest BCUT2D eigenvalue weighted by atomic mass is 35.5. The lowest BCUT2D eigenvalue weighted by atomic mass is 10.2. The van der Waals surface area contributed by atoms with E-state index in [9.17, 15) is 4.39 Å². The number of halogens is 2. The van der Waals surface area contributed by atoms with Crippen molar-refractivity contribution in [3.8, 4) is 0 Å². The summed E-state index contributed by atoms with van der Waals surface area (Å²) < 4.78 is 13.1. The maximum absolute atomic E-state index is 13.1. The second kappa shape index (κ2) is 5.43. The molecule has 2 aromatic rings. The van der Waals surface area contributed by atoms with Crippen molar-refractivity contribution in [2.75, 3.05) is 0 Å². The summed E-state index contributed by atoms with van der Waals surface area (Å²) in [6.07, 6.45) is 0. The van der Waals surface area contributed by atoms with Gasteiger partial charge in [-0.15, -0.1) is 0 Å². The second-order valence-corrected chi connectivity index (χ2v) is 4.61. The van der Waals surface area contributed by atoms with Crippen molar-refractivity contribution in [3.05, 3.63) is 57.0 Å². The lowest BCUT2D eigenvalue weighted by Gasteiger charge is -2.06. The van der Waals surface area contributed by atoms with Crippen LogP contribution in [0.1, 0.15) is 11.1 Å². The van der Waals surface area contributed by atoms with Gasteiger partial charge in [0.05, 0.1) is 5.02 Å². The standard InChI is InChI=1S/C12H11ClFNS/c13-12-10(2-1-3-11(12)14)7-15-6-9-4-5-16-8-9/h1-5,8,15H,6-7H2. The van der Waals surface area contributed by atoms with E-state index in [1.54, 1.807) is 17.4 Å². The first-order valence-electron chi connectivity index (χ1n) is 4.92. The van der Waals surface area contributed by atoms with Crippen LogP contribution in [0.2, 0.25) is 5.02 Å². The minimum Gasteiger partial charge on any atom is -0.309 e. The predicted octanol–water partition coefficient (Wildman–Crippen LogP) is 3.83. The molecule has 2 rings (SSSR count). The van der Waals surface area contributed by atoms with E-state index >= 15 is 0 Å². The Bertz CT molecular complexity index is 456. The summed E-state index contributed by atoms with van der Waals surface area (Å²) >= 11 is 7.51. The SMILES string of the molecule is Fc1cccc(CNCc2ccsc2)c1Cl. The molecule has 0 saturated carbocycles. The first-order valence-corrected chi connectivity index (χ1v) is 6.24. The third kappa shape index (κ3) is 2.82. The van der Waals surface area contributed by atoms with Gasteiger partial charge in [-0.25, -0.2) is 4.39 Å². The Hall–Kier alpha value is -0.900. The van der Waals surface area contributed by atoms with E-state index in [4.69, 9.17) is 11.6 Å². The number of nitrogens with one attached hydrogen (secondary N) is 1. The van der Waals surface area contributed by atoms with Gasteiger partial charge in [-0.3, -0.25) is 0 Å². The van der Waals surface area contributed by atoms with Crippen LogP contribution >= 0.6 is 22.9 Å². The summed E-state index contributed by atoms with van der Waals surface area (Å²) in [4.78, 5) is 0. The molecule has 0 aliphatic carbocycles. The van der Waals surface area contributed by atoms with Crippen LogP contribution in [-0.2, 0) is 13.1 Å². The first-order chi connectivity index (χ1) is 7.77. The van der Waals surface area contributed by atoms with E-state index in [1.807, 2.05) is 11.4 Å². The first kappa shape index (κ1) is 11.6. The van der Waals surface area contributed by atoms with Crippen molar-refractivity contribution in [1.82, 2.24) is 5.32 Å². The highest BCUT2D eigenvalue weighted by Gasteiger charge is 2.04. The Morgan fingerprint density at radius 1 is 1.25 bits per heavy atom. The summed E-state index contributed by atoms with van der Waals surface area (Å²) in [6, 6.07) is 6.92. The van der Waals surface area contributed by atoms with Crippen LogP contribution < -0.4 is 5.32 Å². The Morgan fingerprint density at radius 3 is 2.88 bits per heavy atom. The summed E-state index contributed by atoms with van der Waals surface area (Å²) in [7, 11) is 0. The second-order valence-electron chi connectivity index (χ2n) is 3.45. The van der Waals surface area contributed by atoms with E-state index in [1.165, 1.54) is 11.6 Å². The van der Waals surface area contributed by atoms with E-state index in [0.29, 0.717) is 6.54 Å². The van der Waals surface area contributed by atoms with E-state index in [-0.39, 0.29) is 10.8 Å². The summed E-state index contributed by atoms with van der Waals surface area (Å²) in [5.41, 5.74) is 2.02. The Kier molecular flexibility index (Phi) is 3.93. The molecule has 1 nitrogen and oxygen atoms in total. The van der Waals surface area contributed by atoms with Crippen LogP contribution in [0.5, 0.6) is 0 Å². The molecule has 0 aliphatic rings. The van der Waals surface area contributed by atoms with Gasteiger partial charge in [0.2, 0.25) is 0 Å². The highest BCUT2D eigenvalue weighted by molar-refractivity contribution is 7.07. The Labute approximate surface area is 103 Å². The van der Waals surface area contributed by atoms with E-state index < -0.39 is 0 Å². The minimum absolute atomic E-state index is 0.209. The van der Waals surface area contributed by atoms with Crippen LogP contribution in [0.25, 0.3) is 0 Å². The molecule has 84 valence electrons. The average molecular weight is 256 g/mol. The molecule has 16 heavy (non-hydrogen) atoms. The zero-order valence-electron chi connectivity index (χ0n) is 8.54. The smallest absolute Gasteiger partial charge is 0.142 e. The van der Waals surface area contributed by atoms with Gasteiger partial charge < -0.3 is 5.32 Å². The molecule has 4 heteroatoms. The normalized spacial score (nSPS) is 10.6. The van der Waals surface area contributed by atoms with Crippen molar-refractivity contribution in [2.24, 2.45) is 0 Å². The van der Waals surface area contributed by atoms with Crippen molar-refractivity contribution >= 4 is 22.9 Å². The maximum Gasteiger partial charge on any atom is 0.142 e. The molecule has 0 aliphatic heterocycles. The van der Waals surface area contributed by atoms with Crippen LogP contribution in [0.15, 0.2) is 35.0 Å². The summed E-state index contributed by atoms with van der Waals surface area (Å²) in [6.45, 7) is 1.35. The quantitative estimate of drug-likeness (QED) is 0.876. The van der Waals surface area contributed by atoms with Crippen LogP contribution in [0, 0.1) is 5.82 Å². The topological polar surface area (TPSA) is 12.0 Å². The Morgan fingerprint density at radius 2 is 2.12 bits per heavy atom. The number of hydrogen-bond acceptors (Lipinski definition) is 2. The van der Waals surface area contributed by atoms with Crippen molar-refractivity contribution in [1.29, 1.82) is 0 Å². The van der Waals surface area contributed by atoms with Gasteiger partial charge in [0.1, 0.15) is 5.82 Å². The molecule has 1 heterocycles. The van der Waals surface area contributed by atoms with Gasteiger partial charge >= 0.3 is 0 Å². The molecule has 1 N–H and O–H groups in total. The zero-order valence-corrected chi connectivity index (χ0v) is 10.1. The molecule has 0 saturated heterocycles. The van der Waals surface area contributed by atoms with Gasteiger partial charge in [0.15, 0.2) is 0 Å². The molecule has 0 radical (unpaired) electrons. The van der Waals surface area contributed by atoms with E-state index in [2.05, 4.69) is 16.8 Å². The molecule has 0 fully saturated rings. The molecule has 1 aromatic heterocycles. The fourth-order valence-electron chi connectivity index (χ4n) is 1.42. The van der Waals surface area contributed by atoms with Gasteiger partial charge in [0.25, 0.3) is 0 Å². The fourth-order valence-corrected chi connectivity index (χ4v) is 2.28. The van der Waals surface area contributed by atoms with Crippen LogP contribution in [-0.4, -0.2) is 0 Å². The van der Waals surface area contributed by atoms with Crippen molar-refractivity contribution in [3.63, 3.8) is 0 Å². The van der Waals surface area contributed by atoms with Gasteiger partial charge in [-0.2, -0.15) is 11.3 Å². The van der Waals surface area contributed by atoms with Crippen molar-refractivity contribution in [2.45, 2.75) is 13.1 Å². The van der Waals surface area contributed by atoms with E-state index in [0.717, 1.165) is 12.1 Å².